The second kappa shape index (κ2) is 7.20. The Hall–Kier alpha value is -3.00. The lowest BCUT2D eigenvalue weighted by atomic mass is 9.89. The lowest BCUT2D eigenvalue weighted by Gasteiger charge is -2.22. The Bertz CT molecular complexity index is 1180. The number of aromatic hydroxyl groups is 1. The van der Waals surface area contributed by atoms with Gasteiger partial charge in [0.1, 0.15) is 17.2 Å². The fraction of sp³-hybridized carbons (Fsp3) is 0.231. The van der Waals surface area contributed by atoms with Crippen LogP contribution in [-0.2, 0) is 0 Å². The molecule has 5 rings (SSSR count). The van der Waals surface area contributed by atoms with Crippen LogP contribution in [-0.4, -0.2) is 5.11 Å². The number of phenolic OH excluding ortho intramolecular Hbond substituents is 1. The van der Waals surface area contributed by atoms with E-state index in [0.717, 1.165) is 16.5 Å². The third kappa shape index (κ3) is 3.20. The van der Waals surface area contributed by atoms with Gasteiger partial charge in [0, 0.05) is 22.4 Å². The molecule has 3 aromatic carbocycles. The van der Waals surface area contributed by atoms with E-state index in [1.165, 1.54) is 45.9 Å². The van der Waals surface area contributed by atoms with Gasteiger partial charge in [-0.2, -0.15) is 0 Å². The van der Waals surface area contributed by atoms with Crippen LogP contribution in [0.3, 0.4) is 0 Å². The molecule has 1 fully saturated rings. The van der Waals surface area contributed by atoms with Crippen molar-refractivity contribution in [3.05, 3.63) is 87.3 Å². The zero-order chi connectivity index (χ0) is 19.8. The van der Waals surface area contributed by atoms with E-state index in [0.29, 0.717) is 5.75 Å². The van der Waals surface area contributed by atoms with Gasteiger partial charge in [-0.05, 0) is 67.3 Å². The Morgan fingerprint density at radius 2 is 1.54 bits per heavy atom. The van der Waals surface area contributed by atoms with Crippen molar-refractivity contribution in [1.29, 1.82) is 0 Å². The molecule has 0 radical (unpaired) electrons. The van der Waals surface area contributed by atoms with Crippen molar-refractivity contribution in [1.82, 2.24) is 0 Å². The van der Waals surface area contributed by atoms with Crippen molar-refractivity contribution >= 4 is 11.1 Å². The number of rotatable bonds is 1. The lowest BCUT2D eigenvalue weighted by Crippen LogP contribution is -2.20. The first kappa shape index (κ1) is 18.4. The van der Waals surface area contributed by atoms with Gasteiger partial charge in [-0.15, -0.1) is 0 Å². The molecular formula is C26H26O2. The Kier molecular flexibility index (Phi) is 4.72. The molecule has 1 aliphatic heterocycles. The number of fused-ring (bicyclic) bond motifs is 2. The predicted molar refractivity (Wildman–Crippen MR) is 115 cm³/mol. The van der Waals surface area contributed by atoms with Gasteiger partial charge in [0.2, 0.25) is 0 Å². The number of hydrogen-bond acceptors (Lipinski definition) is 2. The lowest BCUT2D eigenvalue weighted by molar-refractivity contribution is 0.450. The Morgan fingerprint density at radius 1 is 0.786 bits per heavy atom. The summed E-state index contributed by atoms with van der Waals surface area (Å²) in [6, 6.07) is 18.5. The predicted octanol–water partition coefficient (Wildman–Crippen LogP) is 5.33. The molecular weight excluding hydrogens is 344 g/mol. The van der Waals surface area contributed by atoms with Crippen LogP contribution in [0.5, 0.6) is 17.2 Å². The topological polar surface area (TPSA) is 29.5 Å². The summed E-state index contributed by atoms with van der Waals surface area (Å²) in [6.45, 7) is 8.27. The van der Waals surface area contributed by atoms with Gasteiger partial charge in [0.15, 0.2) is 0 Å². The van der Waals surface area contributed by atoms with E-state index in [4.69, 9.17) is 4.74 Å². The third-order valence-electron chi connectivity index (χ3n) is 5.26. The van der Waals surface area contributed by atoms with Gasteiger partial charge in [0.05, 0.1) is 0 Å². The van der Waals surface area contributed by atoms with Gasteiger partial charge in [0.25, 0.3) is 0 Å². The van der Waals surface area contributed by atoms with Crippen molar-refractivity contribution in [2.75, 3.05) is 0 Å². The molecule has 1 saturated carbocycles. The molecule has 0 amide bonds. The molecule has 1 N–H and O–H groups in total. The highest BCUT2D eigenvalue weighted by molar-refractivity contribution is 5.86. The molecule has 0 unspecified atom stereocenters. The number of ether oxygens (including phenoxy) is 1. The van der Waals surface area contributed by atoms with E-state index < -0.39 is 0 Å². The van der Waals surface area contributed by atoms with Gasteiger partial charge >= 0.3 is 0 Å². The van der Waals surface area contributed by atoms with E-state index in [1.54, 1.807) is 12.1 Å². The molecule has 142 valence electrons. The quantitative estimate of drug-likeness (QED) is 0.490. The molecule has 2 heteroatoms. The smallest absolute Gasteiger partial charge is 0.139 e. The zero-order valence-electron chi connectivity index (χ0n) is 17.0. The number of aryl methyl sites for hydroxylation is 2. The van der Waals surface area contributed by atoms with Crippen LogP contribution in [0.2, 0.25) is 0 Å². The number of hydrogen-bond donors (Lipinski definition) is 1. The molecule has 0 saturated heterocycles. The fourth-order valence-electron chi connectivity index (χ4n) is 3.83. The van der Waals surface area contributed by atoms with E-state index in [-0.39, 0.29) is 5.75 Å². The normalized spacial score (nSPS) is 13.7. The SMILES string of the molecule is CC.Cc1ccc(C2=c3ccc(=C4CC4)cc3Oc3cc(O)ccc32)c(C)c1. The second-order valence-corrected chi connectivity index (χ2v) is 7.29. The summed E-state index contributed by atoms with van der Waals surface area (Å²) in [6.07, 6.45) is 2.37. The maximum Gasteiger partial charge on any atom is 0.139 e. The summed E-state index contributed by atoms with van der Waals surface area (Å²) in [5.41, 5.74) is 7.39. The monoisotopic (exact) mass is 370 g/mol. The standard InChI is InChI=1S/C24H20O2.C2H6/c1-14-3-8-19(15(2)11-14)24-20-9-6-17(16-4-5-16)12-22(20)26-23-13-18(25)7-10-21(23)24;1-2/h3,6-13,25H,4-5H2,1-2H3;1-2H3. The van der Waals surface area contributed by atoms with E-state index in [1.807, 2.05) is 19.9 Å². The van der Waals surface area contributed by atoms with Crippen LogP contribution in [0.15, 0.2) is 54.6 Å². The second-order valence-electron chi connectivity index (χ2n) is 7.29. The van der Waals surface area contributed by atoms with Crippen LogP contribution in [0.1, 0.15) is 48.9 Å². The highest BCUT2D eigenvalue weighted by atomic mass is 16.5. The number of phenols is 1. The third-order valence-corrected chi connectivity index (χ3v) is 5.26. The Balaban J connectivity index is 0.000000932. The number of benzene rings is 3. The summed E-state index contributed by atoms with van der Waals surface area (Å²) in [7, 11) is 0. The van der Waals surface area contributed by atoms with Gasteiger partial charge in [-0.25, -0.2) is 0 Å². The zero-order valence-corrected chi connectivity index (χ0v) is 17.0. The van der Waals surface area contributed by atoms with Crippen LogP contribution in [0.4, 0.5) is 0 Å². The largest absolute Gasteiger partial charge is 0.508 e. The maximum atomic E-state index is 9.94. The molecule has 0 atom stereocenters. The average Bonchev–Trinajstić information content (AvgIpc) is 3.53. The van der Waals surface area contributed by atoms with E-state index >= 15 is 0 Å². The molecule has 2 aliphatic rings. The van der Waals surface area contributed by atoms with Crippen molar-refractivity contribution in [3.63, 3.8) is 0 Å². The first-order valence-corrected chi connectivity index (χ1v) is 10.1. The Morgan fingerprint density at radius 3 is 2.25 bits per heavy atom. The highest BCUT2D eigenvalue weighted by Crippen LogP contribution is 2.39. The average molecular weight is 370 g/mol. The van der Waals surface area contributed by atoms with Crippen LogP contribution in [0.25, 0.3) is 11.1 Å². The molecule has 0 bridgehead atoms. The minimum atomic E-state index is 0.222. The first-order valence-electron chi connectivity index (χ1n) is 10.1. The van der Waals surface area contributed by atoms with Crippen LogP contribution >= 0.6 is 0 Å². The van der Waals surface area contributed by atoms with Crippen LogP contribution < -0.4 is 15.2 Å². The van der Waals surface area contributed by atoms with E-state index in [2.05, 4.69) is 50.2 Å². The van der Waals surface area contributed by atoms with Crippen molar-refractivity contribution in [2.24, 2.45) is 0 Å². The minimum Gasteiger partial charge on any atom is -0.508 e. The molecule has 1 heterocycles. The molecule has 2 nitrogen and oxygen atoms in total. The molecule has 28 heavy (non-hydrogen) atoms. The minimum absolute atomic E-state index is 0.222. The van der Waals surface area contributed by atoms with Crippen LogP contribution in [0, 0.1) is 13.8 Å². The van der Waals surface area contributed by atoms with Crippen molar-refractivity contribution < 1.29 is 9.84 Å². The summed E-state index contributed by atoms with van der Waals surface area (Å²) in [5, 5.41) is 12.3. The van der Waals surface area contributed by atoms with Gasteiger partial charge in [-0.3, -0.25) is 0 Å². The van der Waals surface area contributed by atoms with Crippen molar-refractivity contribution in [3.8, 4) is 17.2 Å². The molecule has 0 spiro atoms. The summed E-state index contributed by atoms with van der Waals surface area (Å²) in [5.74, 6) is 1.81. The summed E-state index contributed by atoms with van der Waals surface area (Å²) < 4.78 is 6.20. The van der Waals surface area contributed by atoms with E-state index in [9.17, 15) is 5.11 Å². The first-order chi connectivity index (χ1) is 13.6. The summed E-state index contributed by atoms with van der Waals surface area (Å²) in [4.78, 5) is 0. The fourth-order valence-corrected chi connectivity index (χ4v) is 3.83. The molecule has 1 aliphatic carbocycles. The van der Waals surface area contributed by atoms with Gasteiger partial charge in [-0.1, -0.05) is 49.2 Å². The van der Waals surface area contributed by atoms with Gasteiger partial charge < -0.3 is 9.84 Å². The highest BCUT2D eigenvalue weighted by Gasteiger charge is 2.22. The Labute approximate surface area is 166 Å². The molecule has 3 aromatic rings. The molecule has 0 aromatic heterocycles. The maximum absolute atomic E-state index is 9.94. The summed E-state index contributed by atoms with van der Waals surface area (Å²) >= 11 is 0. The van der Waals surface area contributed by atoms with Crippen molar-refractivity contribution in [2.45, 2.75) is 40.5 Å².